The predicted molar refractivity (Wildman–Crippen MR) is 55.0 cm³/mol. The van der Waals surface area contributed by atoms with Gasteiger partial charge in [-0.3, -0.25) is 4.79 Å². The van der Waals surface area contributed by atoms with Gasteiger partial charge in [0.05, 0.1) is 0 Å². The molecule has 0 fully saturated rings. The van der Waals surface area contributed by atoms with Crippen LogP contribution in [0, 0.1) is 5.92 Å². The summed E-state index contributed by atoms with van der Waals surface area (Å²) in [5.41, 5.74) is 6.22. The number of ketones is 1. The highest BCUT2D eigenvalue weighted by Crippen LogP contribution is 2.12. The highest BCUT2D eigenvalue weighted by molar-refractivity contribution is 5.83. The van der Waals surface area contributed by atoms with Crippen LogP contribution in [0.3, 0.4) is 0 Å². The number of rotatable bonds is 4. The Morgan fingerprint density at radius 3 is 2.86 bits per heavy atom. The van der Waals surface area contributed by atoms with Gasteiger partial charge < -0.3 is 10.8 Å². The van der Waals surface area contributed by atoms with Crippen molar-refractivity contribution in [2.24, 2.45) is 11.7 Å². The normalized spacial score (nSPS) is 12.4. The van der Waals surface area contributed by atoms with Crippen LogP contribution in [0.5, 0.6) is 5.75 Å². The lowest BCUT2D eigenvalue weighted by molar-refractivity contribution is -0.121. The molecule has 0 bridgehead atoms. The first kappa shape index (κ1) is 10.7. The van der Waals surface area contributed by atoms with Gasteiger partial charge in [-0.05, 0) is 17.7 Å². The Morgan fingerprint density at radius 2 is 2.29 bits per heavy atom. The quantitative estimate of drug-likeness (QED) is 0.752. The molecular weight excluding hydrogens is 178 g/mol. The van der Waals surface area contributed by atoms with Crippen LogP contribution in [0.1, 0.15) is 12.5 Å². The smallest absolute Gasteiger partial charge is 0.141 e. The summed E-state index contributed by atoms with van der Waals surface area (Å²) in [5, 5.41) is 9.19. The first-order chi connectivity index (χ1) is 6.63. The van der Waals surface area contributed by atoms with Gasteiger partial charge in [0.15, 0.2) is 0 Å². The van der Waals surface area contributed by atoms with E-state index >= 15 is 0 Å². The first-order valence-electron chi connectivity index (χ1n) is 4.64. The van der Waals surface area contributed by atoms with Gasteiger partial charge in [-0.1, -0.05) is 19.1 Å². The minimum absolute atomic E-state index is 0.109. The zero-order chi connectivity index (χ0) is 10.6. The molecule has 1 rings (SSSR count). The number of aromatic hydroxyl groups is 1. The molecule has 1 atom stereocenters. The van der Waals surface area contributed by atoms with Crippen molar-refractivity contribution < 1.29 is 9.90 Å². The van der Waals surface area contributed by atoms with Crippen LogP contribution in [0.4, 0.5) is 0 Å². The first-order valence-corrected chi connectivity index (χ1v) is 4.64. The van der Waals surface area contributed by atoms with Crippen LogP contribution in [-0.2, 0) is 11.2 Å². The second kappa shape index (κ2) is 4.77. The predicted octanol–water partition coefficient (Wildman–Crippen LogP) is 1.10. The summed E-state index contributed by atoms with van der Waals surface area (Å²) in [5.74, 6) is 0.186. The average Bonchev–Trinajstić information content (AvgIpc) is 2.16. The van der Waals surface area contributed by atoms with E-state index in [1.54, 1.807) is 18.2 Å². The van der Waals surface area contributed by atoms with Gasteiger partial charge in [0.1, 0.15) is 11.5 Å². The summed E-state index contributed by atoms with van der Waals surface area (Å²) < 4.78 is 0. The van der Waals surface area contributed by atoms with Gasteiger partial charge in [0.2, 0.25) is 0 Å². The Hall–Kier alpha value is -1.35. The fourth-order valence-corrected chi connectivity index (χ4v) is 1.17. The van der Waals surface area contributed by atoms with Crippen molar-refractivity contribution in [3.8, 4) is 5.75 Å². The van der Waals surface area contributed by atoms with Crippen molar-refractivity contribution in [2.45, 2.75) is 13.3 Å². The van der Waals surface area contributed by atoms with E-state index in [1.165, 1.54) is 0 Å². The molecule has 0 aliphatic heterocycles. The number of hydrogen-bond acceptors (Lipinski definition) is 3. The summed E-state index contributed by atoms with van der Waals surface area (Å²) in [4.78, 5) is 11.5. The van der Waals surface area contributed by atoms with Gasteiger partial charge in [-0.15, -0.1) is 0 Å². The van der Waals surface area contributed by atoms with Crippen molar-refractivity contribution in [3.05, 3.63) is 29.8 Å². The molecule has 1 aromatic rings. The third kappa shape index (κ3) is 2.85. The van der Waals surface area contributed by atoms with Crippen molar-refractivity contribution in [3.63, 3.8) is 0 Å². The molecule has 3 nitrogen and oxygen atoms in total. The lowest BCUT2D eigenvalue weighted by Crippen LogP contribution is -2.22. The minimum Gasteiger partial charge on any atom is -0.508 e. The van der Waals surface area contributed by atoms with Crippen molar-refractivity contribution >= 4 is 5.78 Å². The molecule has 0 radical (unpaired) electrons. The molecule has 14 heavy (non-hydrogen) atoms. The number of benzene rings is 1. The summed E-state index contributed by atoms with van der Waals surface area (Å²) in [6.07, 6.45) is 0.340. The van der Waals surface area contributed by atoms with Crippen molar-refractivity contribution in [2.75, 3.05) is 6.54 Å². The molecule has 0 aliphatic carbocycles. The molecule has 76 valence electrons. The highest BCUT2D eigenvalue weighted by atomic mass is 16.3. The fourth-order valence-electron chi connectivity index (χ4n) is 1.17. The largest absolute Gasteiger partial charge is 0.508 e. The number of nitrogens with two attached hydrogens (primary N) is 1. The van der Waals surface area contributed by atoms with E-state index < -0.39 is 0 Å². The van der Waals surface area contributed by atoms with E-state index in [9.17, 15) is 9.90 Å². The molecule has 1 unspecified atom stereocenters. The highest BCUT2D eigenvalue weighted by Gasteiger charge is 2.11. The second-order valence-electron chi connectivity index (χ2n) is 3.45. The topological polar surface area (TPSA) is 63.3 Å². The maximum Gasteiger partial charge on any atom is 0.141 e. The van der Waals surface area contributed by atoms with Crippen LogP contribution in [0.15, 0.2) is 24.3 Å². The molecule has 0 saturated heterocycles. The third-order valence-corrected chi connectivity index (χ3v) is 2.19. The van der Waals surface area contributed by atoms with E-state index in [0.29, 0.717) is 13.0 Å². The molecule has 0 spiro atoms. The molecular formula is C11H15NO2. The van der Waals surface area contributed by atoms with Crippen molar-refractivity contribution in [1.29, 1.82) is 0 Å². The monoisotopic (exact) mass is 193 g/mol. The number of Topliss-reactive ketones (excluding diaryl/α,β-unsaturated/α-hetero) is 1. The standard InChI is InChI=1S/C11H15NO2/c1-8(7-12)11(14)6-9-3-2-4-10(13)5-9/h2-5,8,13H,6-7,12H2,1H3. The second-order valence-corrected chi connectivity index (χ2v) is 3.45. The number of phenolic OH excluding ortho intramolecular Hbond substituents is 1. The lowest BCUT2D eigenvalue weighted by atomic mass is 10.00. The molecule has 0 aromatic heterocycles. The molecule has 0 heterocycles. The zero-order valence-corrected chi connectivity index (χ0v) is 8.23. The molecule has 0 saturated carbocycles. The van der Waals surface area contributed by atoms with E-state index in [4.69, 9.17) is 5.73 Å². The Bertz CT molecular complexity index is 323. The fraction of sp³-hybridized carbons (Fsp3) is 0.364. The Labute approximate surface area is 83.6 Å². The maximum absolute atomic E-state index is 11.5. The summed E-state index contributed by atoms with van der Waals surface area (Å²) in [6.45, 7) is 2.18. The minimum atomic E-state index is -0.114. The van der Waals surface area contributed by atoms with Crippen LogP contribution >= 0.6 is 0 Å². The van der Waals surface area contributed by atoms with Crippen LogP contribution in [-0.4, -0.2) is 17.4 Å². The molecule has 3 heteroatoms. The van der Waals surface area contributed by atoms with E-state index in [-0.39, 0.29) is 17.5 Å². The number of carbonyl (C=O) groups is 1. The summed E-state index contributed by atoms with van der Waals surface area (Å²) in [7, 11) is 0. The number of hydrogen-bond donors (Lipinski definition) is 2. The number of carbonyl (C=O) groups excluding carboxylic acids is 1. The molecule has 0 aliphatic rings. The van der Waals surface area contributed by atoms with Gasteiger partial charge in [0.25, 0.3) is 0 Å². The van der Waals surface area contributed by atoms with Gasteiger partial charge in [-0.2, -0.15) is 0 Å². The molecule has 0 amide bonds. The number of phenols is 1. The zero-order valence-electron chi connectivity index (χ0n) is 8.23. The Morgan fingerprint density at radius 1 is 1.57 bits per heavy atom. The van der Waals surface area contributed by atoms with E-state index in [2.05, 4.69) is 0 Å². The SMILES string of the molecule is CC(CN)C(=O)Cc1cccc(O)c1. The average molecular weight is 193 g/mol. The van der Waals surface area contributed by atoms with E-state index in [1.807, 2.05) is 13.0 Å². The summed E-state index contributed by atoms with van der Waals surface area (Å²) >= 11 is 0. The van der Waals surface area contributed by atoms with Gasteiger partial charge >= 0.3 is 0 Å². The Balaban J connectivity index is 2.65. The lowest BCUT2D eigenvalue weighted by Gasteiger charge is -2.07. The molecule has 3 N–H and O–H groups in total. The Kier molecular flexibility index (Phi) is 3.65. The van der Waals surface area contributed by atoms with Crippen LogP contribution in [0.25, 0.3) is 0 Å². The van der Waals surface area contributed by atoms with Gasteiger partial charge in [0, 0.05) is 18.9 Å². The van der Waals surface area contributed by atoms with Crippen molar-refractivity contribution in [1.82, 2.24) is 0 Å². The van der Waals surface area contributed by atoms with Crippen LogP contribution in [0.2, 0.25) is 0 Å². The molecule has 1 aromatic carbocycles. The van der Waals surface area contributed by atoms with Crippen LogP contribution < -0.4 is 5.73 Å². The van der Waals surface area contributed by atoms with E-state index in [0.717, 1.165) is 5.56 Å². The van der Waals surface area contributed by atoms with Gasteiger partial charge in [-0.25, -0.2) is 0 Å². The third-order valence-electron chi connectivity index (χ3n) is 2.19. The summed E-state index contributed by atoms with van der Waals surface area (Å²) in [6, 6.07) is 6.73. The maximum atomic E-state index is 11.5.